The van der Waals surface area contributed by atoms with Crippen LogP contribution >= 0.6 is 0 Å². The molecule has 0 unspecified atom stereocenters. The van der Waals surface area contributed by atoms with Gasteiger partial charge in [0.1, 0.15) is 37.1 Å². The summed E-state index contributed by atoms with van der Waals surface area (Å²) >= 11 is 0. The van der Waals surface area contributed by atoms with Gasteiger partial charge >= 0.3 is 0 Å². The predicted octanol–water partition coefficient (Wildman–Crippen LogP) is 4.66. The average molecular weight is 389 g/mol. The lowest BCUT2D eigenvalue weighted by molar-refractivity contribution is -0.0375. The van der Waals surface area contributed by atoms with Crippen LogP contribution in [0.15, 0.2) is 48.5 Å². The topological polar surface area (TPSA) is 46.2 Å². The number of hydrogen-bond donors (Lipinski definition) is 0. The third-order valence-corrected chi connectivity index (χ3v) is 3.71. The normalized spacial score (nSPS) is 11.3. The second kappa shape index (κ2) is 11.6. The van der Waals surface area contributed by atoms with Crippen LogP contribution in [-0.4, -0.2) is 45.2 Å². The van der Waals surface area contributed by atoms with Gasteiger partial charge in [-0.15, -0.1) is 0 Å². The zero-order valence-corrected chi connectivity index (χ0v) is 17.4. The summed E-state index contributed by atoms with van der Waals surface area (Å²) in [5, 5.41) is 0. The second-order valence-electron chi connectivity index (χ2n) is 7.41. The highest BCUT2D eigenvalue weighted by Crippen LogP contribution is 2.19. The van der Waals surface area contributed by atoms with E-state index in [1.807, 2.05) is 69.3 Å². The maximum Gasteiger partial charge on any atom is 0.123 e. The molecule has 0 saturated carbocycles. The lowest BCUT2D eigenvalue weighted by Gasteiger charge is -2.19. The van der Waals surface area contributed by atoms with Gasteiger partial charge in [0.05, 0.1) is 25.4 Å². The second-order valence-corrected chi connectivity index (χ2v) is 7.41. The van der Waals surface area contributed by atoms with Gasteiger partial charge in [0.15, 0.2) is 0 Å². The van der Waals surface area contributed by atoms with E-state index in [0.717, 1.165) is 17.2 Å². The largest absolute Gasteiger partial charge is 0.491 e. The minimum atomic E-state index is -0.133. The summed E-state index contributed by atoms with van der Waals surface area (Å²) < 4.78 is 28.2. The van der Waals surface area contributed by atoms with Gasteiger partial charge in [0, 0.05) is 6.07 Å². The highest BCUT2D eigenvalue weighted by atomic mass is 16.6. The van der Waals surface area contributed by atoms with Crippen LogP contribution in [0.25, 0.3) is 0 Å². The Hall–Kier alpha value is -2.24. The van der Waals surface area contributed by atoms with Gasteiger partial charge in [0.25, 0.3) is 0 Å². The third-order valence-electron chi connectivity index (χ3n) is 3.71. The molecule has 0 aromatic heterocycles. The number of benzene rings is 2. The molecule has 0 heterocycles. The van der Waals surface area contributed by atoms with Crippen LogP contribution in [-0.2, 0) is 9.47 Å². The maximum atomic E-state index is 5.73. The van der Waals surface area contributed by atoms with Gasteiger partial charge in [-0.3, -0.25) is 0 Å². The Kier molecular flexibility index (Phi) is 9.11. The first-order valence-corrected chi connectivity index (χ1v) is 9.69. The third kappa shape index (κ3) is 9.62. The van der Waals surface area contributed by atoms with E-state index >= 15 is 0 Å². The molecule has 5 nitrogen and oxygen atoms in total. The van der Waals surface area contributed by atoms with Crippen LogP contribution in [0.2, 0.25) is 0 Å². The van der Waals surface area contributed by atoms with Gasteiger partial charge in [-0.25, -0.2) is 0 Å². The first kappa shape index (κ1) is 22.1. The molecule has 2 aromatic carbocycles. The minimum Gasteiger partial charge on any atom is -0.491 e. The molecule has 28 heavy (non-hydrogen) atoms. The summed E-state index contributed by atoms with van der Waals surface area (Å²) in [5.74, 6) is 2.36. The van der Waals surface area contributed by atoms with Crippen LogP contribution in [0.1, 0.15) is 26.3 Å². The van der Waals surface area contributed by atoms with Gasteiger partial charge in [-0.05, 0) is 52.0 Å². The SMILES string of the molecule is Cc1ccc(OCCOc2cccc(OCCOCCOC(C)(C)C)c2)cc1. The summed E-state index contributed by atoms with van der Waals surface area (Å²) in [7, 11) is 0. The van der Waals surface area contributed by atoms with Crippen molar-refractivity contribution < 1.29 is 23.7 Å². The molecule has 0 bridgehead atoms. The van der Waals surface area contributed by atoms with E-state index in [1.165, 1.54) is 5.56 Å². The molecule has 0 saturated heterocycles. The molecule has 0 aliphatic carbocycles. The summed E-state index contributed by atoms with van der Waals surface area (Å²) in [4.78, 5) is 0. The number of hydrogen-bond acceptors (Lipinski definition) is 5. The van der Waals surface area contributed by atoms with Crippen LogP contribution in [0.5, 0.6) is 17.2 Å². The van der Waals surface area contributed by atoms with Crippen LogP contribution in [0.4, 0.5) is 0 Å². The summed E-state index contributed by atoms with van der Waals surface area (Å²) in [6.45, 7) is 11.2. The van der Waals surface area contributed by atoms with Crippen molar-refractivity contribution in [3.8, 4) is 17.2 Å². The van der Waals surface area contributed by atoms with E-state index in [2.05, 4.69) is 6.92 Å². The Labute approximate surface area is 168 Å². The highest BCUT2D eigenvalue weighted by Gasteiger charge is 2.08. The van der Waals surface area contributed by atoms with E-state index < -0.39 is 0 Å². The zero-order chi connectivity index (χ0) is 20.2. The Morgan fingerprint density at radius 2 is 1.18 bits per heavy atom. The van der Waals surface area contributed by atoms with Crippen LogP contribution < -0.4 is 14.2 Å². The molecule has 2 rings (SSSR count). The Morgan fingerprint density at radius 1 is 0.643 bits per heavy atom. The molecule has 5 heteroatoms. The monoisotopic (exact) mass is 388 g/mol. The predicted molar refractivity (Wildman–Crippen MR) is 111 cm³/mol. The summed E-state index contributed by atoms with van der Waals surface area (Å²) in [6, 6.07) is 15.6. The quantitative estimate of drug-likeness (QED) is 0.495. The van der Waals surface area contributed by atoms with Crippen molar-refractivity contribution in [2.24, 2.45) is 0 Å². The molecular weight excluding hydrogens is 356 g/mol. The summed E-state index contributed by atoms with van der Waals surface area (Å²) in [6.07, 6.45) is 0. The maximum absolute atomic E-state index is 5.73. The van der Waals surface area contributed by atoms with Crippen molar-refractivity contribution in [2.75, 3.05) is 39.6 Å². The molecule has 154 valence electrons. The molecule has 0 atom stereocenters. The molecule has 2 aromatic rings. The van der Waals surface area contributed by atoms with E-state index in [9.17, 15) is 0 Å². The molecular formula is C23H32O5. The number of aryl methyl sites for hydroxylation is 1. The lowest BCUT2D eigenvalue weighted by Crippen LogP contribution is -2.22. The number of ether oxygens (including phenoxy) is 5. The fraction of sp³-hybridized carbons (Fsp3) is 0.478. The molecule has 0 amide bonds. The van der Waals surface area contributed by atoms with Crippen LogP contribution in [0, 0.1) is 6.92 Å². The molecule has 0 aliphatic rings. The van der Waals surface area contributed by atoms with Gasteiger partial charge < -0.3 is 23.7 Å². The Balaban J connectivity index is 1.59. The van der Waals surface area contributed by atoms with Crippen molar-refractivity contribution in [3.05, 3.63) is 54.1 Å². The zero-order valence-electron chi connectivity index (χ0n) is 17.4. The van der Waals surface area contributed by atoms with Gasteiger partial charge in [0.2, 0.25) is 0 Å². The van der Waals surface area contributed by atoms with Crippen molar-refractivity contribution in [1.82, 2.24) is 0 Å². The van der Waals surface area contributed by atoms with E-state index in [4.69, 9.17) is 23.7 Å². The smallest absolute Gasteiger partial charge is 0.123 e. The molecule has 0 N–H and O–H groups in total. The lowest BCUT2D eigenvalue weighted by atomic mass is 10.2. The van der Waals surface area contributed by atoms with Crippen LogP contribution in [0.3, 0.4) is 0 Å². The van der Waals surface area contributed by atoms with E-state index in [1.54, 1.807) is 0 Å². The van der Waals surface area contributed by atoms with Gasteiger partial charge in [-0.2, -0.15) is 0 Å². The van der Waals surface area contributed by atoms with Gasteiger partial charge in [-0.1, -0.05) is 23.8 Å². The summed E-state index contributed by atoms with van der Waals surface area (Å²) in [5.41, 5.74) is 1.08. The Bertz CT molecular complexity index is 676. The molecule has 0 aliphatic heterocycles. The highest BCUT2D eigenvalue weighted by molar-refractivity contribution is 5.33. The first-order valence-electron chi connectivity index (χ1n) is 9.69. The van der Waals surface area contributed by atoms with Crippen molar-refractivity contribution in [2.45, 2.75) is 33.3 Å². The standard InChI is InChI=1S/C23H32O5/c1-19-8-10-20(11-9-19)25-15-16-27-22-7-5-6-21(18-22)26-14-12-24-13-17-28-23(2,3)4/h5-11,18H,12-17H2,1-4H3. The van der Waals surface area contributed by atoms with Crippen molar-refractivity contribution in [3.63, 3.8) is 0 Å². The molecule has 0 radical (unpaired) electrons. The average Bonchev–Trinajstić information content (AvgIpc) is 2.65. The van der Waals surface area contributed by atoms with E-state index in [-0.39, 0.29) is 5.60 Å². The minimum absolute atomic E-state index is 0.133. The molecule has 0 spiro atoms. The molecule has 0 fully saturated rings. The fourth-order valence-electron chi connectivity index (χ4n) is 2.33. The fourth-order valence-corrected chi connectivity index (χ4v) is 2.33. The van der Waals surface area contributed by atoms with E-state index in [0.29, 0.717) is 39.6 Å². The van der Waals surface area contributed by atoms with Crippen molar-refractivity contribution in [1.29, 1.82) is 0 Å². The first-order chi connectivity index (χ1) is 13.4. The number of rotatable bonds is 12. The van der Waals surface area contributed by atoms with Crippen molar-refractivity contribution >= 4 is 0 Å². The Morgan fingerprint density at radius 3 is 1.79 bits per heavy atom.